The van der Waals surface area contributed by atoms with Crippen molar-refractivity contribution in [3.05, 3.63) is 35.4 Å². The molecule has 0 saturated carbocycles. The minimum absolute atomic E-state index is 0. The van der Waals surface area contributed by atoms with Gasteiger partial charge < -0.3 is 0 Å². The lowest BCUT2D eigenvalue weighted by Gasteiger charge is -2.23. The molecule has 0 saturated heterocycles. The van der Waals surface area contributed by atoms with Crippen molar-refractivity contribution in [2.24, 2.45) is 0 Å². The first-order valence-corrected chi connectivity index (χ1v) is 6.90. The molecular weight excluding hydrogens is 248 g/mol. The molecule has 0 fully saturated rings. The highest BCUT2D eigenvalue weighted by Crippen LogP contribution is 2.26. The number of rotatable bonds is 4. The Kier molecular flexibility index (Phi) is 7.47. The molecule has 0 atom stereocenters. The first kappa shape index (κ1) is 19.5. The molecule has 4 heteroatoms. The Morgan fingerprint density at radius 3 is 1.89 bits per heavy atom. The van der Waals surface area contributed by atoms with Gasteiger partial charge in [0.05, 0.1) is 0 Å². The summed E-state index contributed by atoms with van der Waals surface area (Å²) in [6.07, 6.45) is 1.02. The van der Waals surface area contributed by atoms with Gasteiger partial charge in [-0.3, -0.25) is 4.55 Å². The van der Waals surface area contributed by atoms with Gasteiger partial charge in [0.2, 0.25) is 0 Å². The standard InChI is InChI=1S/C12H18O3S.2CH4/c1-4-12(2,3)11-7-5-10(6-8-11)9-16(13,14)15;;/h5-8H,4,9H2,1-3H3,(H,13,14,15);2*1H4. The maximum absolute atomic E-state index is 10.7. The molecule has 1 rings (SSSR count). The molecule has 3 nitrogen and oxygen atoms in total. The average molecular weight is 274 g/mol. The molecule has 0 aromatic heterocycles. The predicted molar refractivity (Wildman–Crippen MR) is 78.5 cm³/mol. The van der Waals surface area contributed by atoms with Crippen molar-refractivity contribution in [1.82, 2.24) is 0 Å². The molecule has 0 heterocycles. The fraction of sp³-hybridized carbons (Fsp3) is 0.571. The van der Waals surface area contributed by atoms with Crippen molar-refractivity contribution < 1.29 is 13.0 Å². The van der Waals surface area contributed by atoms with Crippen LogP contribution in [0.1, 0.15) is 53.2 Å². The van der Waals surface area contributed by atoms with Crippen LogP contribution in [0, 0.1) is 0 Å². The fourth-order valence-electron chi connectivity index (χ4n) is 1.47. The van der Waals surface area contributed by atoms with Crippen molar-refractivity contribution in [1.29, 1.82) is 0 Å². The molecule has 1 N–H and O–H groups in total. The van der Waals surface area contributed by atoms with Crippen LogP contribution in [0.2, 0.25) is 0 Å². The van der Waals surface area contributed by atoms with Crippen molar-refractivity contribution in [3.63, 3.8) is 0 Å². The Morgan fingerprint density at radius 2 is 1.56 bits per heavy atom. The minimum Gasteiger partial charge on any atom is -0.285 e. The Bertz CT molecular complexity index is 444. The molecule has 0 aliphatic rings. The van der Waals surface area contributed by atoms with Gasteiger partial charge in [-0.1, -0.05) is 59.9 Å². The zero-order valence-corrected chi connectivity index (χ0v) is 10.7. The number of hydrogen-bond acceptors (Lipinski definition) is 2. The molecule has 18 heavy (non-hydrogen) atoms. The summed E-state index contributed by atoms with van der Waals surface area (Å²) in [7, 11) is -3.93. The Hall–Kier alpha value is -0.870. The van der Waals surface area contributed by atoms with E-state index in [1.807, 2.05) is 12.1 Å². The Morgan fingerprint density at radius 1 is 1.11 bits per heavy atom. The first-order valence-electron chi connectivity index (χ1n) is 5.29. The van der Waals surface area contributed by atoms with Gasteiger partial charge in [0.25, 0.3) is 10.1 Å². The number of hydrogen-bond donors (Lipinski definition) is 1. The minimum atomic E-state index is -3.93. The molecule has 1 aromatic rings. The summed E-state index contributed by atoms with van der Waals surface area (Å²) >= 11 is 0. The van der Waals surface area contributed by atoms with Crippen LogP contribution in [-0.4, -0.2) is 13.0 Å². The molecule has 1 aromatic carbocycles. The van der Waals surface area contributed by atoms with Crippen molar-refractivity contribution in [2.75, 3.05) is 0 Å². The Labute approximate surface area is 112 Å². The predicted octanol–water partition coefficient (Wildman–Crippen LogP) is 4.03. The second kappa shape index (κ2) is 6.90. The molecule has 0 bridgehead atoms. The summed E-state index contributed by atoms with van der Waals surface area (Å²) in [4.78, 5) is 0. The maximum atomic E-state index is 10.7. The summed E-state index contributed by atoms with van der Waals surface area (Å²) in [6.45, 7) is 6.40. The zero-order chi connectivity index (χ0) is 12.4. The molecule has 106 valence electrons. The van der Waals surface area contributed by atoms with Gasteiger partial charge in [-0.25, -0.2) is 0 Å². The van der Waals surface area contributed by atoms with E-state index in [4.69, 9.17) is 4.55 Å². The summed E-state index contributed by atoms with van der Waals surface area (Å²) in [5, 5.41) is 0. The van der Waals surface area contributed by atoms with Crippen LogP contribution in [0.5, 0.6) is 0 Å². The smallest absolute Gasteiger partial charge is 0.269 e. The van der Waals surface area contributed by atoms with Crippen LogP contribution in [0.15, 0.2) is 24.3 Å². The third-order valence-corrected chi connectivity index (χ3v) is 3.67. The zero-order valence-electron chi connectivity index (χ0n) is 9.90. The van der Waals surface area contributed by atoms with E-state index >= 15 is 0 Å². The van der Waals surface area contributed by atoms with Gasteiger partial charge in [-0.15, -0.1) is 0 Å². The van der Waals surface area contributed by atoms with Crippen LogP contribution in [0.25, 0.3) is 0 Å². The fourth-order valence-corrected chi connectivity index (χ4v) is 2.08. The highest BCUT2D eigenvalue weighted by atomic mass is 32.2. The highest BCUT2D eigenvalue weighted by Gasteiger charge is 2.17. The molecule has 0 aliphatic heterocycles. The average Bonchev–Trinajstić information content (AvgIpc) is 2.16. The summed E-state index contributed by atoms with van der Waals surface area (Å²) in [6, 6.07) is 7.34. The molecular formula is C14H26O3S. The topological polar surface area (TPSA) is 54.4 Å². The van der Waals surface area contributed by atoms with E-state index in [1.54, 1.807) is 12.1 Å². The highest BCUT2D eigenvalue weighted by molar-refractivity contribution is 7.85. The summed E-state index contributed by atoms with van der Waals surface area (Å²) in [5.74, 6) is -0.320. The van der Waals surface area contributed by atoms with E-state index in [1.165, 1.54) is 5.56 Å². The van der Waals surface area contributed by atoms with Crippen molar-refractivity contribution >= 4 is 10.1 Å². The summed E-state index contributed by atoms with van der Waals surface area (Å²) < 4.78 is 30.1. The van der Waals surface area contributed by atoms with Gasteiger partial charge in [0, 0.05) is 0 Å². The van der Waals surface area contributed by atoms with Gasteiger partial charge >= 0.3 is 0 Å². The van der Waals surface area contributed by atoms with Crippen LogP contribution in [-0.2, 0) is 21.3 Å². The van der Waals surface area contributed by atoms with E-state index in [0.717, 1.165) is 6.42 Å². The van der Waals surface area contributed by atoms with Crippen LogP contribution >= 0.6 is 0 Å². The van der Waals surface area contributed by atoms with Crippen LogP contribution in [0.3, 0.4) is 0 Å². The second-order valence-corrected chi connectivity index (χ2v) is 6.11. The number of benzene rings is 1. The first-order chi connectivity index (χ1) is 7.24. The van der Waals surface area contributed by atoms with E-state index < -0.39 is 10.1 Å². The normalized spacial score (nSPS) is 11.3. The third kappa shape index (κ3) is 5.65. The molecule has 0 aliphatic carbocycles. The monoisotopic (exact) mass is 274 g/mol. The van der Waals surface area contributed by atoms with Crippen molar-refractivity contribution in [2.45, 2.75) is 53.2 Å². The lowest BCUT2D eigenvalue weighted by Crippen LogP contribution is -2.15. The van der Waals surface area contributed by atoms with E-state index in [-0.39, 0.29) is 26.0 Å². The summed E-state index contributed by atoms with van der Waals surface area (Å²) in [5.41, 5.74) is 1.88. The molecule has 0 unspecified atom stereocenters. The molecule has 0 amide bonds. The lowest BCUT2D eigenvalue weighted by molar-refractivity contribution is 0.482. The van der Waals surface area contributed by atoms with Crippen LogP contribution in [0.4, 0.5) is 0 Å². The SMILES string of the molecule is C.C.CCC(C)(C)c1ccc(CS(=O)(=O)O)cc1. The largest absolute Gasteiger partial charge is 0.285 e. The molecule has 0 spiro atoms. The van der Waals surface area contributed by atoms with Gasteiger partial charge in [0.1, 0.15) is 5.75 Å². The lowest BCUT2D eigenvalue weighted by atomic mass is 9.82. The van der Waals surface area contributed by atoms with E-state index in [0.29, 0.717) is 5.56 Å². The quantitative estimate of drug-likeness (QED) is 0.843. The van der Waals surface area contributed by atoms with Gasteiger partial charge in [-0.05, 0) is 23.0 Å². The van der Waals surface area contributed by atoms with Gasteiger partial charge in [-0.2, -0.15) is 8.42 Å². The van der Waals surface area contributed by atoms with E-state index in [9.17, 15) is 8.42 Å². The third-order valence-electron chi connectivity index (χ3n) is 2.97. The van der Waals surface area contributed by atoms with E-state index in [2.05, 4.69) is 20.8 Å². The van der Waals surface area contributed by atoms with Gasteiger partial charge in [0.15, 0.2) is 0 Å². The maximum Gasteiger partial charge on any atom is 0.269 e. The second-order valence-electron chi connectivity index (χ2n) is 4.66. The van der Waals surface area contributed by atoms with Crippen molar-refractivity contribution in [3.8, 4) is 0 Å². The molecule has 0 radical (unpaired) electrons. The Balaban J connectivity index is 0. The van der Waals surface area contributed by atoms with Crippen LogP contribution < -0.4 is 0 Å².